The number of anilines is 1. The lowest BCUT2D eigenvalue weighted by Crippen LogP contribution is -2.32. The van der Waals surface area contributed by atoms with Gasteiger partial charge in [-0.25, -0.2) is 4.39 Å². The molecule has 3 rings (SSSR count). The number of nitrogens with zero attached hydrogens (tertiary/aromatic N) is 1. The van der Waals surface area contributed by atoms with Gasteiger partial charge in [-0.05, 0) is 54.8 Å². The fourth-order valence-corrected chi connectivity index (χ4v) is 3.06. The van der Waals surface area contributed by atoms with Crippen molar-refractivity contribution in [2.75, 3.05) is 11.9 Å². The molecular formula is C21H19FN2O2. The number of imide groups is 1. The van der Waals surface area contributed by atoms with E-state index in [1.165, 1.54) is 30.3 Å². The van der Waals surface area contributed by atoms with Gasteiger partial charge in [0.05, 0.1) is 5.57 Å². The Morgan fingerprint density at radius 3 is 2.23 bits per heavy atom. The minimum absolute atomic E-state index is 0.111. The Labute approximate surface area is 151 Å². The predicted octanol–water partition coefficient (Wildman–Crippen LogP) is 3.82. The van der Waals surface area contributed by atoms with Gasteiger partial charge < -0.3 is 5.32 Å². The number of nitrogens with one attached hydrogen (secondary N) is 1. The second kappa shape index (κ2) is 6.96. The summed E-state index contributed by atoms with van der Waals surface area (Å²) in [7, 11) is 0. The first kappa shape index (κ1) is 17.6. The predicted molar refractivity (Wildman–Crippen MR) is 99.8 cm³/mol. The normalized spacial score (nSPS) is 14.2. The first-order valence-electron chi connectivity index (χ1n) is 8.23. The van der Waals surface area contributed by atoms with Crippen LogP contribution < -0.4 is 5.32 Å². The highest BCUT2D eigenvalue weighted by Gasteiger charge is 2.38. The maximum Gasteiger partial charge on any atom is 0.278 e. The second-order valence-electron chi connectivity index (χ2n) is 6.27. The molecule has 0 saturated carbocycles. The van der Waals surface area contributed by atoms with Crippen LogP contribution in [0.25, 0.3) is 5.57 Å². The van der Waals surface area contributed by atoms with E-state index < -0.39 is 17.6 Å². The molecule has 0 fully saturated rings. The van der Waals surface area contributed by atoms with Crippen LogP contribution in [0.1, 0.15) is 16.7 Å². The van der Waals surface area contributed by atoms with Crippen LogP contribution in [0.5, 0.6) is 0 Å². The highest BCUT2D eigenvalue weighted by molar-refractivity contribution is 6.36. The zero-order valence-corrected chi connectivity index (χ0v) is 14.7. The summed E-state index contributed by atoms with van der Waals surface area (Å²) in [5, 5.41) is 3.09. The van der Waals surface area contributed by atoms with Gasteiger partial charge in [-0.3, -0.25) is 14.5 Å². The molecule has 0 atom stereocenters. The van der Waals surface area contributed by atoms with Gasteiger partial charge in [-0.2, -0.15) is 0 Å². The third-order valence-corrected chi connectivity index (χ3v) is 4.10. The number of hydrogen-bond donors (Lipinski definition) is 1. The lowest BCUT2D eigenvalue weighted by atomic mass is 10.0. The summed E-state index contributed by atoms with van der Waals surface area (Å²) in [6.45, 7) is 7.63. The number of amides is 2. The molecule has 1 N–H and O–H groups in total. The lowest BCUT2D eigenvalue weighted by Gasteiger charge is -2.13. The van der Waals surface area contributed by atoms with E-state index in [4.69, 9.17) is 0 Å². The highest BCUT2D eigenvalue weighted by atomic mass is 19.1. The van der Waals surface area contributed by atoms with Crippen molar-refractivity contribution >= 4 is 23.1 Å². The SMILES string of the molecule is C=CCN1C(=O)C(Nc2cc(C)cc(C)c2)=C(c2ccc(F)cc2)C1=O. The molecule has 0 bridgehead atoms. The molecular weight excluding hydrogens is 331 g/mol. The summed E-state index contributed by atoms with van der Waals surface area (Å²) < 4.78 is 13.3. The summed E-state index contributed by atoms with van der Waals surface area (Å²) >= 11 is 0. The van der Waals surface area contributed by atoms with Gasteiger partial charge in [-0.1, -0.05) is 24.3 Å². The molecule has 132 valence electrons. The molecule has 0 spiro atoms. The van der Waals surface area contributed by atoms with E-state index in [9.17, 15) is 14.0 Å². The van der Waals surface area contributed by atoms with Crippen LogP contribution in [0.2, 0.25) is 0 Å². The largest absolute Gasteiger partial charge is 0.350 e. The summed E-state index contributed by atoms with van der Waals surface area (Å²) in [5.74, 6) is -1.25. The number of halogens is 1. The van der Waals surface area contributed by atoms with Gasteiger partial charge in [0.15, 0.2) is 0 Å². The molecule has 0 unspecified atom stereocenters. The van der Waals surface area contributed by atoms with Crippen LogP contribution in [-0.4, -0.2) is 23.3 Å². The van der Waals surface area contributed by atoms with E-state index in [0.717, 1.165) is 21.7 Å². The molecule has 1 heterocycles. The molecule has 1 aliphatic rings. The van der Waals surface area contributed by atoms with Crippen molar-refractivity contribution in [3.05, 3.63) is 83.3 Å². The minimum atomic E-state index is -0.423. The van der Waals surface area contributed by atoms with E-state index in [1.54, 1.807) is 0 Å². The monoisotopic (exact) mass is 350 g/mol. The molecule has 1 aliphatic heterocycles. The van der Waals surface area contributed by atoms with Gasteiger partial charge >= 0.3 is 0 Å². The minimum Gasteiger partial charge on any atom is -0.350 e. The zero-order valence-electron chi connectivity index (χ0n) is 14.7. The molecule has 2 amide bonds. The number of hydrogen-bond acceptors (Lipinski definition) is 3. The lowest BCUT2D eigenvalue weighted by molar-refractivity contribution is -0.136. The fourth-order valence-electron chi connectivity index (χ4n) is 3.06. The van der Waals surface area contributed by atoms with Crippen LogP contribution >= 0.6 is 0 Å². The van der Waals surface area contributed by atoms with Gasteiger partial charge in [0, 0.05) is 12.2 Å². The molecule has 0 aromatic heterocycles. The molecule has 0 radical (unpaired) electrons. The van der Waals surface area contributed by atoms with Crippen LogP contribution in [0, 0.1) is 19.7 Å². The number of carbonyl (C=O) groups is 2. The Kier molecular flexibility index (Phi) is 4.71. The van der Waals surface area contributed by atoms with E-state index in [1.807, 2.05) is 32.0 Å². The van der Waals surface area contributed by atoms with Crippen molar-refractivity contribution in [1.29, 1.82) is 0 Å². The Morgan fingerprint density at radius 2 is 1.65 bits per heavy atom. The third-order valence-electron chi connectivity index (χ3n) is 4.10. The van der Waals surface area contributed by atoms with Gasteiger partial charge in [-0.15, -0.1) is 6.58 Å². The maximum atomic E-state index is 13.3. The van der Waals surface area contributed by atoms with E-state index >= 15 is 0 Å². The van der Waals surface area contributed by atoms with Gasteiger partial charge in [0.1, 0.15) is 11.5 Å². The van der Waals surface area contributed by atoms with Crippen LogP contribution in [-0.2, 0) is 9.59 Å². The van der Waals surface area contributed by atoms with E-state index in [-0.39, 0.29) is 17.8 Å². The Balaban J connectivity index is 2.10. The average molecular weight is 350 g/mol. The van der Waals surface area contributed by atoms with Crippen molar-refractivity contribution in [2.45, 2.75) is 13.8 Å². The first-order chi connectivity index (χ1) is 12.4. The van der Waals surface area contributed by atoms with Crippen molar-refractivity contribution in [1.82, 2.24) is 4.90 Å². The van der Waals surface area contributed by atoms with E-state index in [2.05, 4.69) is 11.9 Å². The van der Waals surface area contributed by atoms with Gasteiger partial charge in [0.2, 0.25) is 0 Å². The number of rotatable bonds is 5. The summed E-state index contributed by atoms with van der Waals surface area (Å²) in [6, 6.07) is 11.3. The molecule has 26 heavy (non-hydrogen) atoms. The first-order valence-corrected chi connectivity index (χ1v) is 8.23. The molecule has 2 aromatic rings. The van der Waals surface area contributed by atoms with Crippen LogP contribution in [0.4, 0.5) is 10.1 Å². The molecule has 2 aromatic carbocycles. The zero-order chi connectivity index (χ0) is 18.8. The summed E-state index contributed by atoms with van der Waals surface area (Å²) in [5.41, 5.74) is 3.71. The topological polar surface area (TPSA) is 49.4 Å². The molecule has 0 saturated heterocycles. The van der Waals surface area contributed by atoms with Crippen molar-refractivity contribution in [3.8, 4) is 0 Å². The van der Waals surface area contributed by atoms with Crippen LogP contribution in [0.3, 0.4) is 0 Å². The Hall–Kier alpha value is -3.21. The average Bonchev–Trinajstić information content (AvgIpc) is 2.80. The Morgan fingerprint density at radius 1 is 1.04 bits per heavy atom. The molecule has 0 aliphatic carbocycles. The number of aryl methyl sites for hydroxylation is 2. The number of carbonyl (C=O) groups excluding carboxylic acids is 2. The van der Waals surface area contributed by atoms with E-state index in [0.29, 0.717) is 5.56 Å². The maximum absolute atomic E-state index is 13.3. The fraction of sp³-hybridized carbons (Fsp3) is 0.143. The smallest absolute Gasteiger partial charge is 0.278 e. The van der Waals surface area contributed by atoms with Crippen molar-refractivity contribution < 1.29 is 14.0 Å². The van der Waals surface area contributed by atoms with Crippen molar-refractivity contribution in [2.24, 2.45) is 0 Å². The Bertz CT molecular complexity index is 909. The highest BCUT2D eigenvalue weighted by Crippen LogP contribution is 2.31. The second-order valence-corrected chi connectivity index (χ2v) is 6.27. The molecule has 4 nitrogen and oxygen atoms in total. The summed E-state index contributed by atoms with van der Waals surface area (Å²) in [6.07, 6.45) is 1.50. The van der Waals surface area contributed by atoms with Crippen LogP contribution in [0.15, 0.2) is 60.8 Å². The standard InChI is InChI=1S/C21H19FN2O2/c1-4-9-24-20(25)18(15-5-7-16(22)8-6-15)19(21(24)26)23-17-11-13(2)10-14(3)12-17/h4-8,10-12,23H,1,9H2,2-3H3. The number of benzene rings is 2. The molecule has 5 heteroatoms. The van der Waals surface area contributed by atoms with Crippen molar-refractivity contribution in [3.63, 3.8) is 0 Å². The van der Waals surface area contributed by atoms with Gasteiger partial charge in [0.25, 0.3) is 11.8 Å². The summed E-state index contributed by atoms with van der Waals surface area (Å²) in [4.78, 5) is 26.7. The third kappa shape index (κ3) is 3.28. The quantitative estimate of drug-likeness (QED) is 0.659.